The van der Waals surface area contributed by atoms with Gasteiger partial charge >= 0.3 is 0 Å². The summed E-state index contributed by atoms with van der Waals surface area (Å²) >= 11 is 0. The summed E-state index contributed by atoms with van der Waals surface area (Å²) in [4.78, 5) is 34.2. The number of hydrogen-bond donors (Lipinski definition) is 0. The van der Waals surface area contributed by atoms with Crippen LogP contribution in [0.4, 0.5) is 0 Å². The van der Waals surface area contributed by atoms with Gasteiger partial charge in [0.1, 0.15) is 46.6 Å². The number of hydrogen-bond acceptors (Lipinski definition) is 10. The highest BCUT2D eigenvalue weighted by atomic mass is 16.8. The van der Waals surface area contributed by atoms with E-state index in [9.17, 15) is 0 Å². The maximum Gasteiger partial charge on any atom is 0.164 e. The summed E-state index contributed by atoms with van der Waals surface area (Å²) in [7, 11) is 0. The second kappa shape index (κ2) is 23.2. The van der Waals surface area contributed by atoms with Crippen LogP contribution < -0.4 is 0 Å². The molecule has 2 saturated heterocycles. The van der Waals surface area contributed by atoms with Crippen LogP contribution in [0.1, 0.15) is 95.0 Å². The molecule has 5 heterocycles. The summed E-state index contributed by atoms with van der Waals surface area (Å²) < 4.78 is 30.1. The fourth-order valence-corrected chi connectivity index (χ4v) is 13.0. The van der Waals surface area contributed by atoms with E-state index in [0.29, 0.717) is 22.8 Å². The molecule has 0 N–H and O–H groups in total. The SMILES string of the molecule is CC1(C)O[C@@H]2[C@@H](O1)C(c1ccccc1)(c1ccccc1)N=Cc1cccc(n1)C=NC(c1ccccc1)(c1ccccc1)[C@@H]1OC(C)(C)O[C@H]1C(c1ccccc1)(c1ccccc1)N=Cc1cccc(n1)C=NC2(c1ccccc1)c1ccccc1. The van der Waals surface area contributed by atoms with Gasteiger partial charge < -0.3 is 18.9 Å². The Morgan fingerprint density at radius 1 is 0.221 bits per heavy atom. The molecule has 424 valence electrons. The topological polar surface area (TPSA) is 112 Å². The smallest absolute Gasteiger partial charge is 0.164 e. The summed E-state index contributed by atoms with van der Waals surface area (Å²) in [6, 6.07) is 94.6. The van der Waals surface area contributed by atoms with Crippen LogP contribution in [-0.4, -0.2) is 70.8 Å². The lowest BCUT2D eigenvalue weighted by Gasteiger charge is -2.44. The van der Waals surface area contributed by atoms with Crippen LogP contribution in [0.3, 0.4) is 0 Å². The van der Waals surface area contributed by atoms with Crippen molar-refractivity contribution in [2.75, 3.05) is 0 Å². The number of pyridine rings is 2. The highest BCUT2D eigenvalue weighted by Gasteiger charge is 2.64. The zero-order valence-electron chi connectivity index (χ0n) is 48.5. The minimum absolute atomic E-state index is 0.592. The minimum atomic E-state index is -1.29. The van der Waals surface area contributed by atoms with Gasteiger partial charge in [-0.2, -0.15) is 0 Å². The number of rotatable bonds is 8. The zero-order chi connectivity index (χ0) is 58.7. The summed E-state index contributed by atoms with van der Waals surface area (Å²) in [6.45, 7) is 7.88. The Hall–Kier alpha value is -9.42. The molecule has 8 aromatic carbocycles. The molecule has 0 radical (unpaired) electrons. The number of aromatic nitrogens is 2. The van der Waals surface area contributed by atoms with Crippen LogP contribution in [0.15, 0.2) is 299 Å². The van der Waals surface area contributed by atoms with E-state index < -0.39 is 58.1 Å². The summed E-state index contributed by atoms with van der Waals surface area (Å²) in [5.41, 5.74) is 4.27. The van der Waals surface area contributed by atoms with E-state index in [1.54, 1.807) is 0 Å². The average molecular weight is 1130 g/mol. The third-order valence-corrected chi connectivity index (χ3v) is 16.7. The fourth-order valence-electron chi connectivity index (χ4n) is 13.0. The largest absolute Gasteiger partial charge is 0.341 e. The first-order valence-electron chi connectivity index (χ1n) is 29.3. The van der Waals surface area contributed by atoms with Crippen LogP contribution in [0.2, 0.25) is 0 Å². The Bertz CT molecular complexity index is 3360. The number of ether oxygens (including phenoxy) is 4. The van der Waals surface area contributed by atoms with Gasteiger partial charge in [-0.25, -0.2) is 9.97 Å². The predicted octanol–water partition coefficient (Wildman–Crippen LogP) is 14.7. The van der Waals surface area contributed by atoms with Crippen molar-refractivity contribution in [2.24, 2.45) is 20.0 Å². The molecule has 0 aliphatic carbocycles. The van der Waals surface area contributed by atoms with Crippen LogP contribution >= 0.6 is 0 Å². The highest BCUT2D eigenvalue weighted by molar-refractivity contribution is 5.84. The normalized spacial score (nSPS) is 21.4. The van der Waals surface area contributed by atoms with Gasteiger partial charge in [0.15, 0.2) is 11.6 Å². The predicted molar refractivity (Wildman–Crippen MR) is 341 cm³/mol. The summed E-state index contributed by atoms with van der Waals surface area (Å²) in [5.74, 6) is -2.29. The molecule has 3 aliphatic heterocycles. The summed E-state index contributed by atoms with van der Waals surface area (Å²) in [6.07, 6.45) is 4.05. The summed E-state index contributed by atoms with van der Waals surface area (Å²) in [5, 5.41) is 0. The van der Waals surface area contributed by atoms with Crippen molar-refractivity contribution in [2.45, 2.75) is 85.8 Å². The van der Waals surface area contributed by atoms with E-state index in [1.807, 2.05) is 235 Å². The van der Waals surface area contributed by atoms with Crippen molar-refractivity contribution in [1.82, 2.24) is 9.97 Å². The second-order valence-electron chi connectivity index (χ2n) is 23.0. The molecule has 0 unspecified atom stereocenters. The molecule has 0 saturated carbocycles. The molecule has 86 heavy (non-hydrogen) atoms. The van der Waals surface area contributed by atoms with Crippen molar-refractivity contribution in [1.29, 1.82) is 0 Å². The average Bonchev–Trinajstić information content (AvgIpc) is 2.24. The minimum Gasteiger partial charge on any atom is -0.341 e. The number of benzene rings is 8. The molecule has 10 aromatic rings. The van der Waals surface area contributed by atoms with Crippen molar-refractivity contribution >= 4 is 24.9 Å². The van der Waals surface area contributed by atoms with Crippen LogP contribution in [0.25, 0.3) is 0 Å². The monoisotopic (exact) mass is 1130 g/mol. The van der Waals surface area contributed by atoms with E-state index in [4.69, 9.17) is 48.9 Å². The van der Waals surface area contributed by atoms with E-state index in [2.05, 4.69) is 97.1 Å². The molecule has 2 fully saturated rings. The maximum absolute atomic E-state index is 7.51. The van der Waals surface area contributed by atoms with Crippen LogP contribution in [0, 0.1) is 0 Å². The Balaban J connectivity index is 1.14. The zero-order valence-corrected chi connectivity index (χ0v) is 48.5. The lowest BCUT2D eigenvalue weighted by atomic mass is 9.69. The molecular formula is C76H66N6O4. The Kier molecular flexibility index (Phi) is 15.0. The van der Waals surface area contributed by atoms with E-state index in [-0.39, 0.29) is 0 Å². The van der Waals surface area contributed by atoms with Gasteiger partial charge in [-0.15, -0.1) is 0 Å². The fraction of sp³-hybridized carbons (Fsp3) is 0.184. The van der Waals surface area contributed by atoms with Crippen LogP contribution in [0.5, 0.6) is 0 Å². The van der Waals surface area contributed by atoms with E-state index >= 15 is 0 Å². The lowest BCUT2D eigenvalue weighted by molar-refractivity contribution is -0.154. The van der Waals surface area contributed by atoms with Gasteiger partial charge in [0, 0.05) is 24.9 Å². The Morgan fingerprint density at radius 2 is 0.384 bits per heavy atom. The molecule has 13 rings (SSSR count). The first kappa shape index (κ1) is 55.8. The first-order chi connectivity index (χ1) is 42.0. The Morgan fingerprint density at radius 3 is 0.547 bits per heavy atom. The van der Waals surface area contributed by atoms with Crippen molar-refractivity contribution in [3.05, 3.63) is 346 Å². The molecule has 3 aliphatic rings. The third kappa shape index (κ3) is 10.2. The van der Waals surface area contributed by atoms with Gasteiger partial charge in [0.2, 0.25) is 0 Å². The van der Waals surface area contributed by atoms with Gasteiger partial charge in [-0.05, 0) is 96.5 Å². The van der Waals surface area contributed by atoms with E-state index in [0.717, 1.165) is 44.5 Å². The lowest BCUT2D eigenvalue weighted by Crippen LogP contribution is -2.53. The molecular weight excluding hydrogens is 1060 g/mol. The third-order valence-electron chi connectivity index (χ3n) is 16.7. The molecule has 0 amide bonds. The second-order valence-corrected chi connectivity index (χ2v) is 23.0. The number of aliphatic imine (C=N–C) groups is 4. The van der Waals surface area contributed by atoms with Crippen molar-refractivity contribution in [3.8, 4) is 0 Å². The van der Waals surface area contributed by atoms with Gasteiger partial charge in [-0.3, -0.25) is 20.0 Å². The molecule has 10 nitrogen and oxygen atoms in total. The van der Waals surface area contributed by atoms with Gasteiger partial charge in [0.25, 0.3) is 0 Å². The highest BCUT2D eigenvalue weighted by Crippen LogP contribution is 2.56. The molecule has 2 aromatic heterocycles. The molecule has 0 spiro atoms. The van der Waals surface area contributed by atoms with Crippen LogP contribution in [-0.2, 0) is 41.1 Å². The maximum atomic E-state index is 7.51. The molecule has 4 bridgehead atoms. The first-order valence-corrected chi connectivity index (χ1v) is 29.3. The van der Waals surface area contributed by atoms with Crippen molar-refractivity contribution < 1.29 is 18.9 Å². The molecule has 4 atom stereocenters. The number of nitrogens with zero attached hydrogens (tertiary/aromatic N) is 6. The molecule has 10 heteroatoms. The standard InChI is InChI=1S/C76H66N6O4/c1-71(2)83-67-68(84-71)74(57-35-17-7-18-36-57,58-37-19-8-20-38-58)78-52-64-48-30-50-66(82-64)54-80-76(61-43-25-11-26-44-61,62-45-27-12-28-46-62)70-69(85-72(3,4)86-70)75(59-39-21-9-22-40-59,60-41-23-10-24-42-60)79-53-65-49-29-47-63(81-65)51-77-73(67,55-31-13-5-14-32-55)56-33-15-6-16-34-56/h5-54,67-70H,1-4H3/t67-,68-,69-,70-/m1/s1. The quantitative estimate of drug-likeness (QED) is 0.150. The number of fused-ring (bicyclic) bond motifs is 6. The van der Waals surface area contributed by atoms with Gasteiger partial charge in [0.05, 0.1) is 22.8 Å². The Labute approximate surface area is 503 Å². The van der Waals surface area contributed by atoms with E-state index in [1.165, 1.54) is 0 Å². The van der Waals surface area contributed by atoms with Gasteiger partial charge in [-0.1, -0.05) is 255 Å². The van der Waals surface area contributed by atoms with Crippen molar-refractivity contribution in [3.63, 3.8) is 0 Å².